The van der Waals surface area contributed by atoms with E-state index in [1.54, 1.807) is 36.4 Å². The van der Waals surface area contributed by atoms with Gasteiger partial charge in [0, 0.05) is 11.1 Å². The molecule has 0 saturated carbocycles. The van der Waals surface area contributed by atoms with Crippen molar-refractivity contribution in [3.8, 4) is 16.9 Å². The number of hydrogen-bond acceptors (Lipinski definition) is 3. The van der Waals surface area contributed by atoms with Crippen molar-refractivity contribution < 1.29 is 9.52 Å². The summed E-state index contributed by atoms with van der Waals surface area (Å²) in [6.07, 6.45) is 0. The molecule has 3 nitrogen and oxygen atoms in total. The molecule has 19 heavy (non-hydrogen) atoms. The van der Waals surface area contributed by atoms with Crippen LogP contribution in [-0.2, 0) is 0 Å². The molecule has 0 fully saturated rings. The average Bonchev–Trinajstić information content (AvgIpc) is 2.39. The topological polar surface area (TPSA) is 50.4 Å². The third-order valence-electron chi connectivity index (χ3n) is 2.90. The van der Waals surface area contributed by atoms with E-state index < -0.39 is 5.63 Å². The molecule has 2 aromatic carbocycles. The van der Waals surface area contributed by atoms with Gasteiger partial charge < -0.3 is 9.52 Å². The second kappa shape index (κ2) is 4.44. The molecule has 0 unspecified atom stereocenters. The van der Waals surface area contributed by atoms with Gasteiger partial charge in [0.25, 0.3) is 0 Å². The summed E-state index contributed by atoms with van der Waals surface area (Å²) < 4.78 is 5.21. The van der Waals surface area contributed by atoms with Crippen LogP contribution in [0, 0.1) is 0 Å². The van der Waals surface area contributed by atoms with Crippen LogP contribution in [0.2, 0.25) is 5.02 Å². The Hall–Kier alpha value is -2.26. The second-order valence-electron chi connectivity index (χ2n) is 4.12. The molecule has 3 rings (SSSR count). The normalized spacial score (nSPS) is 10.8. The van der Waals surface area contributed by atoms with Crippen LogP contribution in [-0.4, -0.2) is 5.11 Å². The molecule has 0 spiro atoms. The van der Waals surface area contributed by atoms with Crippen molar-refractivity contribution >= 4 is 22.6 Å². The molecule has 4 heteroatoms. The smallest absolute Gasteiger partial charge is 0.347 e. The zero-order chi connectivity index (χ0) is 13.4. The second-order valence-corrected chi connectivity index (χ2v) is 4.56. The van der Waals surface area contributed by atoms with Gasteiger partial charge in [-0.25, -0.2) is 4.79 Å². The summed E-state index contributed by atoms with van der Waals surface area (Å²) in [7, 11) is 0. The molecule has 0 saturated heterocycles. The number of rotatable bonds is 1. The highest BCUT2D eigenvalue weighted by atomic mass is 35.5. The maximum absolute atomic E-state index is 12.0. The third kappa shape index (κ3) is 1.98. The molecule has 0 aliphatic heterocycles. The van der Waals surface area contributed by atoms with Gasteiger partial charge in [-0.3, -0.25) is 0 Å². The molecule has 1 N–H and O–H groups in total. The van der Waals surface area contributed by atoms with Crippen molar-refractivity contribution in [2.45, 2.75) is 0 Å². The summed E-state index contributed by atoms with van der Waals surface area (Å²) in [4.78, 5) is 12.0. The number of halogens is 1. The molecule has 1 aromatic heterocycles. The van der Waals surface area contributed by atoms with Gasteiger partial charge in [-0.1, -0.05) is 41.9 Å². The van der Waals surface area contributed by atoms with Crippen LogP contribution in [0.25, 0.3) is 22.1 Å². The lowest BCUT2D eigenvalue weighted by Crippen LogP contribution is -2.03. The lowest BCUT2D eigenvalue weighted by molar-refractivity contribution is 0.471. The summed E-state index contributed by atoms with van der Waals surface area (Å²) in [6, 6.07) is 13.7. The molecule has 0 aliphatic rings. The number of fused-ring (bicyclic) bond motifs is 1. The molecular formula is C15H9ClO3. The molecular weight excluding hydrogens is 264 g/mol. The standard InChI is InChI=1S/C15H9ClO3/c16-10-6-7-11-12(8-10)19-15(18)13(14(11)17)9-4-2-1-3-5-9/h1-8,17H. The predicted octanol–water partition coefficient (Wildman–Crippen LogP) is 3.82. The fourth-order valence-electron chi connectivity index (χ4n) is 2.02. The summed E-state index contributed by atoms with van der Waals surface area (Å²) in [6.45, 7) is 0. The van der Waals surface area contributed by atoms with E-state index >= 15 is 0 Å². The predicted molar refractivity (Wildman–Crippen MR) is 74.6 cm³/mol. The summed E-state index contributed by atoms with van der Waals surface area (Å²) >= 11 is 5.84. The highest BCUT2D eigenvalue weighted by Crippen LogP contribution is 2.33. The van der Waals surface area contributed by atoms with E-state index in [4.69, 9.17) is 16.0 Å². The van der Waals surface area contributed by atoms with Gasteiger partial charge in [-0.15, -0.1) is 0 Å². The molecule has 3 aromatic rings. The lowest BCUT2D eigenvalue weighted by Gasteiger charge is -2.06. The summed E-state index contributed by atoms with van der Waals surface area (Å²) in [5.74, 6) is -0.0888. The SMILES string of the molecule is O=c1oc2cc(Cl)ccc2c(O)c1-c1ccccc1. The van der Waals surface area contributed by atoms with E-state index in [1.807, 2.05) is 6.07 Å². The van der Waals surface area contributed by atoms with Crippen molar-refractivity contribution in [3.05, 3.63) is 64.0 Å². The quantitative estimate of drug-likeness (QED) is 0.685. The Morgan fingerprint density at radius 3 is 2.53 bits per heavy atom. The summed E-state index contributed by atoms with van der Waals surface area (Å²) in [5, 5.41) is 11.2. The fourth-order valence-corrected chi connectivity index (χ4v) is 2.18. The number of hydrogen-bond donors (Lipinski definition) is 1. The zero-order valence-electron chi connectivity index (χ0n) is 9.76. The molecule has 0 radical (unpaired) electrons. The Balaban J connectivity index is 2.39. The summed E-state index contributed by atoms with van der Waals surface area (Å²) in [5.41, 5.74) is 0.467. The Kier molecular flexibility index (Phi) is 2.76. The Labute approximate surface area is 113 Å². The van der Waals surface area contributed by atoms with Gasteiger partial charge in [0.15, 0.2) is 0 Å². The van der Waals surface area contributed by atoms with Crippen molar-refractivity contribution in [1.82, 2.24) is 0 Å². The Morgan fingerprint density at radius 2 is 1.79 bits per heavy atom. The van der Waals surface area contributed by atoms with Gasteiger partial charge in [0.1, 0.15) is 16.9 Å². The van der Waals surface area contributed by atoms with Gasteiger partial charge in [0.05, 0.1) is 5.39 Å². The van der Waals surface area contributed by atoms with Crippen molar-refractivity contribution in [1.29, 1.82) is 0 Å². The van der Waals surface area contributed by atoms with Crippen LogP contribution in [0.5, 0.6) is 5.75 Å². The van der Waals surface area contributed by atoms with E-state index in [9.17, 15) is 9.90 Å². The van der Waals surface area contributed by atoms with E-state index in [0.717, 1.165) is 0 Å². The monoisotopic (exact) mass is 272 g/mol. The van der Waals surface area contributed by atoms with E-state index in [2.05, 4.69) is 0 Å². The minimum atomic E-state index is -0.585. The van der Waals surface area contributed by atoms with Gasteiger partial charge in [-0.2, -0.15) is 0 Å². The zero-order valence-corrected chi connectivity index (χ0v) is 10.5. The Morgan fingerprint density at radius 1 is 1.05 bits per heavy atom. The van der Waals surface area contributed by atoms with Crippen LogP contribution in [0.15, 0.2) is 57.7 Å². The number of aromatic hydroxyl groups is 1. The van der Waals surface area contributed by atoms with Crippen LogP contribution < -0.4 is 5.63 Å². The maximum Gasteiger partial charge on any atom is 0.347 e. The van der Waals surface area contributed by atoms with E-state index in [-0.39, 0.29) is 16.9 Å². The molecule has 0 amide bonds. The van der Waals surface area contributed by atoms with Crippen LogP contribution in [0.4, 0.5) is 0 Å². The first kappa shape index (κ1) is 11.8. The van der Waals surface area contributed by atoms with E-state index in [1.165, 1.54) is 6.07 Å². The van der Waals surface area contributed by atoms with Gasteiger partial charge in [0.2, 0.25) is 0 Å². The molecule has 1 heterocycles. The Bertz CT molecular complexity index is 807. The lowest BCUT2D eigenvalue weighted by atomic mass is 10.0. The van der Waals surface area contributed by atoms with Crippen molar-refractivity contribution in [2.75, 3.05) is 0 Å². The highest BCUT2D eigenvalue weighted by molar-refractivity contribution is 6.31. The first-order chi connectivity index (χ1) is 9.16. The molecule has 94 valence electrons. The van der Waals surface area contributed by atoms with Gasteiger partial charge >= 0.3 is 5.63 Å². The van der Waals surface area contributed by atoms with Crippen molar-refractivity contribution in [3.63, 3.8) is 0 Å². The van der Waals surface area contributed by atoms with Gasteiger partial charge in [-0.05, 0) is 17.7 Å². The average molecular weight is 273 g/mol. The fraction of sp³-hybridized carbons (Fsp3) is 0. The van der Waals surface area contributed by atoms with Crippen LogP contribution in [0.1, 0.15) is 0 Å². The van der Waals surface area contributed by atoms with Crippen LogP contribution >= 0.6 is 11.6 Å². The minimum absolute atomic E-state index is 0.0888. The largest absolute Gasteiger partial charge is 0.506 e. The molecule has 0 atom stereocenters. The van der Waals surface area contributed by atoms with E-state index in [0.29, 0.717) is 16.0 Å². The number of benzene rings is 2. The van der Waals surface area contributed by atoms with Crippen LogP contribution in [0.3, 0.4) is 0 Å². The molecule has 0 bridgehead atoms. The first-order valence-corrected chi connectivity index (χ1v) is 6.05. The minimum Gasteiger partial charge on any atom is -0.506 e. The maximum atomic E-state index is 12.0. The first-order valence-electron chi connectivity index (χ1n) is 5.67. The third-order valence-corrected chi connectivity index (χ3v) is 3.14. The van der Waals surface area contributed by atoms with Crippen molar-refractivity contribution in [2.24, 2.45) is 0 Å². The molecule has 0 aliphatic carbocycles. The highest BCUT2D eigenvalue weighted by Gasteiger charge is 2.15.